The third kappa shape index (κ3) is 3.57. The number of imidazole rings is 1. The Morgan fingerprint density at radius 3 is 1.76 bits per heavy atom. The van der Waals surface area contributed by atoms with E-state index in [-0.39, 0.29) is 0 Å². The quantitative estimate of drug-likeness (QED) is 0.225. The molecule has 0 saturated heterocycles. The average molecular weight is 537 g/mol. The molecule has 0 fully saturated rings. The van der Waals surface area contributed by atoms with E-state index in [1.165, 1.54) is 32.7 Å². The third-order valence-electron chi connectivity index (χ3n) is 8.35. The van der Waals surface area contributed by atoms with Gasteiger partial charge in [-0.2, -0.15) is 0 Å². The van der Waals surface area contributed by atoms with Crippen molar-refractivity contribution < 1.29 is 4.74 Å². The molecule has 0 amide bonds. The number of benzene rings is 7. The van der Waals surface area contributed by atoms with Crippen molar-refractivity contribution in [3.63, 3.8) is 0 Å². The smallest absolute Gasteiger partial charge is 0.153 e. The Balaban J connectivity index is 1.12. The highest BCUT2D eigenvalue weighted by atomic mass is 16.5. The van der Waals surface area contributed by atoms with E-state index < -0.39 is 0 Å². The summed E-state index contributed by atoms with van der Waals surface area (Å²) in [6.45, 7) is 0. The van der Waals surface area contributed by atoms with E-state index in [0.717, 1.165) is 50.7 Å². The molecule has 2 heterocycles. The van der Waals surface area contributed by atoms with Crippen LogP contribution in [0.4, 0.5) is 0 Å². The summed E-state index contributed by atoms with van der Waals surface area (Å²) in [5.41, 5.74) is 8.74. The molecular formula is C39H24N2O. The molecule has 0 spiro atoms. The zero-order valence-corrected chi connectivity index (χ0v) is 22.7. The Labute approximate surface area is 242 Å². The first-order valence-electron chi connectivity index (χ1n) is 14.2. The highest BCUT2D eigenvalue weighted by molar-refractivity contribution is 5.94. The first-order chi connectivity index (χ1) is 20.8. The van der Waals surface area contributed by atoms with E-state index in [1.807, 2.05) is 24.3 Å². The highest BCUT2D eigenvalue weighted by Gasteiger charge is 2.25. The minimum Gasteiger partial charge on any atom is -0.453 e. The van der Waals surface area contributed by atoms with Gasteiger partial charge in [0.05, 0.1) is 11.2 Å². The molecule has 3 nitrogen and oxygen atoms in total. The van der Waals surface area contributed by atoms with Crippen LogP contribution >= 0.6 is 0 Å². The monoisotopic (exact) mass is 536 g/mol. The molecule has 7 aromatic carbocycles. The lowest BCUT2D eigenvalue weighted by atomic mass is 9.96. The van der Waals surface area contributed by atoms with Crippen LogP contribution in [0.3, 0.4) is 0 Å². The van der Waals surface area contributed by atoms with Gasteiger partial charge in [0.15, 0.2) is 11.5 Å². The maximum atomic E-state index is 6.48. The molecule has 0 aliphatic carbocycles. The van der Waals surface area contributed by atoms with Gasteiger partial charge in [-0.25, -0.2) is 4.98 Å². The fourth-order valence-electron chi connectivity index (χ4n) is 6.25. The van der Waals surface area contributed by atoms with E-state index in [1.54, 1.807) is 0 Å². The normalized spacial score (nSPS) is 12.0. The molecule has 0 radical (unpaired) electrons. The van der Waals surface area contributed by atoms with Gasteiger partial charge in [-0.3, -0.25) is 4.57 Å². The van der Waals surface area contributed by atoms with Crippen molar-refractivity contribution in [1.82, 2.24) is 9.55 Å². The van der Waals surface area contributed by atoms with E-state index >= 15 is 0 Å². The molecule has 8 aromatic rings. The number of rotatable bonds is 3. The lowest BCUT2D eigenvalue weighted by Gasteiger charge is -2.22. The molecule has 0 saturated carbocycles. The van der Waals surface area contributed by atoms with Crippen LogP contribution in [0, 0.1) is 0 Å². The van der Waals surface area contributed by atoms with Gasteiger partial charge in [0, 0.05) is 5.56 Å². The van der Waals surface area contributed by atoms with Crippen LogP contribution in [0.5, 0.6) is 11.5 Å². The molecule has 0 bridgehead atoms. The molecule has 0 unspecified atom stereocenters. The van der Waals surface area contributed by atoms with Gasteiger partial charge in [-0.15, -0.1) is 0 Å². The van der Waals surface area contributed by atoms with Gasteiger partial charge in [0.2, 0.25) is 0 Å². The molecule has 3 heteroatoms. The summed E-state index contributed by atoms with van der Waals surface area (Å²) in [6, 6.07) is 51.5. The molecule has 1 aromatic heterocycles. The Morgan fingerprint density at radius 2 is 1.02 bits per heavy atom. The number of nitrogens with zero attached hydrogens (tertiary/aromatic N) is 2. The molecular weight excluding hydrogens is 512 g/mol. The topological polar surface area (TPSA) is 27.1 Å². The summed E-state index contributed by atoms with van der Waals surface area (Å²) >= 11 is 0. The molecule has 1 aliphatic heterocycles. The van der Waals surface area contributed by atoms with Gasteiger partial charge in [-0.05, 0) is 86.3 Å². The number of para-hydroxylation sites is 1. The standard InChI is InChI=1S/C39H24N2O/c1-2-8-26(9-3-1)39-40-34-11-6-12-36-38(34)41(39)35-20-19-33(24-37(35)42-36)32-18-17-30-22-29(15-16-31(30)23-32)28-14-13-25-7-4-5-10-27(25)21-28/h1-24H. The Morgan fingerprint density at radius 1 is 0.429 bits per heavy atom. The molecule has 0 N–H and O–H groups in total. The predicted octanol–water partition coefficient (Wildman–Crippen LogP) is 10.4. The first-order valence-corrected chi connectivity index (χ1v) is 14.2. The molecule has 1 aliphatic rings. The Bertz CT molecular complexity index is 2330. The average Bonchev–Trinajstić information content (AvgIpc) is 3.45. The third-order valence-corrected chi connectivity index (χ3v) is 8.35. The minimum atomic E-state index is 0.826. The summed E-state index contributed by atoms with van der Waals surface area (Å²) in [6.07, 6.45) is 0. The van der Waals surface area contributed by atoms with E-state index in [9.17, 15) is 0 Å². The summed E-state index contributed by atoms with van der Waals surface area (Å²) in [5.74, 6) is 2.57. The second kappa shape index (κ2) is 8.92. The van der Waals surface area contributed by atoms with Crippen LogP contribution in [0.2, 0.25) is 0 Å². The highest BCUT2D eigenvalue weighted by Crippen LogP contribution is 2.45. The van der Waals surface area contributed by atoms with Gasteiger partial charge in [-0.1, -0.05) is 103 Å². The van der Waals surface area contributed by atoms with Crippen molar-refractivity contribution >= 4 is 32.6 Å². The van der Waals surface area contributed by atoms with Crippen molar-refractivity contribution in [2.75, 3.05) is 0 Å². The number of aromatic nitrogens is 2. The van der Waals surface area contributed by atoms with Crippen LogP contribution in [0.25, 0.3) is 71.9 Å². The molecule has 9 rings (SSSR count). The molecule has 42 heavy (non-hydrogen) atoms. The second-order valence-corrected chi connectivity index (χ2v) is 10.9. The first kappa shape index (κ1) is 23.1. The second-order valence-electron chi connectivity index (χ2n) is 10.9. The number of fused-ring (bicyclic) bond motifs is 4. The predicted molar refractivity (Wildman–Crippen MR) is 172 cm³/mol. The lowest BCUT2D eigenvalue weighted by Crippen LogP contribution is -2.05. The molecule has 0 atom stereocenters. The minimum absolute atomic E-state index is 0.826. The number of hydrogen-bond donors (Lipinski definition) is 0. The largest absolute Gasteiger partial charge is 0.453 e. The zero-order valence-electron chi connectivity index (χ0n) is 22.7. The van der Waals surface area contributed by atoms with Gasteiger partial charge >= 0.3 is 0 Å². The fourth-order valence-corrected chi connectivity index (χ4v) is 6.25. The van der Waals surface area contributed by atoms with Gasteiger partial charge < -0.3 is 4.74 Å². The van der Waals surface area contributed by atoms with E-state index in [4.69, 9.17) is 9.72 Å². The van der Waals surface area contributed by atoms with Crippen LogP contribution in [-0.4, -0.2) is 9.55 Å². The van der Waals surface area contributed by atoms with E-state index in [2.05, 4.69) is 126 Å². The Hall–Kier alpha value is -5.67. The van der Waals surface area contributed by atoms with Crippen molar-refractivity contribution in [3.8, 4) is 50.8 Å². The van der Waals surface area contributed by atoms with Crippen LogP contribution in [-0.2, 0) is 0 Å². The van der Waals surface area contributed by atoms with Gasteiger partial charge in [0.1, 0.15) is 11.3 Å². The summed E-state index contributed by atoms with van der Waals surface area (Å²) < 4.78 is 8.72. The molecule has 196 valence electrons. The van der Waals surface area contributed by atoms with Crippen LogP contribution in [0.15, 0.2) is 146 Å². The maximum absolute atomic E-state index is 6.48. The fraction of sp³-hybridized carbons (Fsp3) is 0. The maximum Gasteiger partial charge on any atom is 0.153 e. The number of ether oxygens (including phenoxy) is 1. The SMILES string of the molecule is c1ccc(-c2nc3cccc4c3n2-c2ccc(-c3ccc5cc(-c6ccc7ccccc7c6)ccc5c3)cc2O4)cc1. The summed E-state index contributed by atoms with van der Waals surface area (Å²) in [7, 11) is 0. The van der Waals surface area contributed by atoms with E-state index in [0.29, 0.717) is 0 Å². The van der Waals surface area contributed by atoms with Crippen molar-refractivity contribution in [2.45, 2.75) is 0 Å². The van der Waals surface area contributed by atoms with Crippen molar-refractivity contribution in [1.29, 1.82) is 0 Å². The summed E-state index contributed by atoms with van der Waals surface area (Å²) in [5, 5.41) is 4.96. The Kier molecular flexibility index (Phi) is 4.90. The van der Waals surface area contributed by atoms with Gasteiger partial charge in [0.25, 0.3) is 0 Å². The van der Waals surface area contributed by atoms with Crippen molar-refractivity contribution in [2.24, 2.45) is 0 Å². The zero-order chi connectivity index (χ0) is 27.6. The number of hydrogen-bond acceptors (Lipinski definition) is 2. The lowest BCUT2D eigenvalue weighted by molar-refractivity contribution is 0.476. The van der Waals surface area contributed by atoms with Crippen LogP contribution < -0.4 is 4.74 Å². The van der Waals surface area contributed by atoms with Crippen LogP contribution in [0.1, 0.15) is 0 Å². The summed E-state index contributed by atoms with van der Waals surface area (Å²) in [4.78, 5) is 4.99. The van der Waals surface area contributed by atoms with Crippen molar-refractivity contribution in [3.05, 3.63) is 146 Å².